The van der Waals surface area contributed by atoms with Crippen LogP contribution in [0.15, 0.2) is 34.7 Å². The van der Waals surface area contributed by atoms with E-state index in [1.807, 2.05) is 19.9 Å². The molecular formula is C23H24F3NO3S. The van der Waals surface area contributed by atoms with Crippen LogP contribution >= 0.6 is 11.3 Å². The average molecular weight is 452 g/mol. The average Bonchev–Trinajstić information content (AvgIpc) is 3.24. The molecule has 3 rings (SSSR count). The van der Waals surface area contributed by atoms with E-state index in [0.717, 1.165) is 58.3 Å². The quantitative estimate of drug-likeness (QED) is 0.376. The maximum Gasteiger partial charge on any atom is 0.416 e. The molecule has 0 fully saturated rings. The van der Waals surface area contributed by atoms with Crippen LogP contribution in [-0.2, 0) is 35.0 Å². The van der Waals surface area contributed by atoms with Gasteiger partial charge in [-0.3, -0.25) is 4.79 Å². The molecule has 4 nitrogen and oxygen atoms in total. The lowest BCUT2D eigenvalue weighted by molar-refractivity contribution is -0.142. The van der Waals surface area contributed by atoms with Crippen molar-refractivity contribution in [3.63, 3.8) is 0 Å². The van der Waals surface area contributed by atoms with Gasteiger partial charge in [0.2, 0.25) is 0 Å². The van der Waals surface area contributed by atoms with Crippen LogP contribution in [0.2, 0.25) is 0 Å². The van der Waals surface area contributed by atoms with Gasteiger partial charge < -0.3 is 9.15 Å². The summed E-state index contributed by atoms with van der Waals surface area (Å²) in [6.07, 6.45) is -1.73. The van der Waals surface area contributed by atoms with Gasteiger partial charge in [0.1, 0.15) is 11.5 Å². The molecule has 0 bridgehead atoms. The smallest absolute Gasteiger partial charge is 0.416 e. The molecule has 1 aromatic carbocycles. The molecule has 0 saturated carbocycles. The summed E-state index contributed by atoms with van der Waals surface area (Å²) in [7, 11) is 0. The standard InChI is InChI=1S/C23H24F3NO3S/c1-4-29-22(28)13-20-14(2)27-21(31-20)7-5-6-17-12-19(30-15(17)3)16-8-10-18(11-9-16)23(24,25)26/h8-12H,4-7,13H2,1-3H3. The van der Waals surface area contributed by atoms with Crippen molar-refractivity contribution in [1.29, 1.82) is 0 Å². The zero-order chi connectivity index (χ0) is 22.6. The molecule has 2 heterocycles. The number of aryl methyl sites for hydroxylation is 4. The Bertz CT molecular complexity index is 1040. The first-order valence-electron chi connectivity index (χ1n) is 10.0. The Morgan fingerprint density at radius 1 is 1.16 bits per heavy atom. The van der Waals surface area contributed by atoms with Gasteiger partial charge in [0.25, 0.3) is 0 Å². The van der Waals surface area contributed by atoms with E-state index in [4.69, 9.17) is 9.15 Å². The zero-order valence-corrected chi connectivity index (χ0v) is 18.5. The van der Waals surface area contributed by atoms with E-state index >= 15 is 0 Å². The fourth-order valence-electron chi connectivity index (χ4n) is 3.27. The predicted octanol–water partition coefficient (Wildman–Crippen LogP) is 6.32. The first-order valence-corrected chi connectivity index (χ1v) is 10.9. The third kappa shape index (κ3) is 5.97. The number of furan rings is 1. The second-order valence-corrected chi connectivity index (χ2v) is 8.39. The van der Waals surface area contributed by atoms with Crippen LogP contribution in [0, 0.1) is 13.8 Å². The van der Waals surface area contributed by atoms with E-state index in [1.54, 1.807) is 6.92 Å². The second kappa shape index (κ2) is 9.68. The van der Waals surface area contributed by atoms with Crippen molar-refractivity contribution in [3.05, 3.63) is 62.8 Å². The molecule has 0 saturated heterocycles. The van der Waals surface area contributed by atoms with Crippen molar-refractivity contribution in [2.24, 2.45) is 0 Å². The van der Waals surface area contributed by atoms with Gasteiger partial charge in [-0.05, 0) is 63.8 Å². The van der Waals surface area contributed by atoms with Gasteiger partial charge >= 0.3 is 12.1 Å². The number of carbonyl (C=O) groups is 1. The van der Waals surface area contributed by atoms with Crippen molar-refractivity contribution < 1.29 is 27.1 Å². The Kier molecular flexibility index (Phi) is 7.20. The number of benzene rings is 1. The molecule has 0 aliphatic carbocycles. The molecular weight excluding hydrogens is 427 g/mol. The predicted molar refractivity (Wildman–Crippen MR) is 113 cm³/mol. The number of hydrogen-bond donors (Lipinski definition) is 0. The van der Waals surface area contributed by atoms with Crippen LogP contribution in [-0.4, -0.2) is 17.6 Å². The first-order chi connectivity index (χ1) is 14.7. The van der Waals surface area contributed by atoms with E-state index in [-0.39, 0.29) is 12.4 Å². The molecule has 8 heteroatoms. The summed E-state index contributed by atoms with van der Waals surface area (Å²) < 4.78 is 49.0. The van der Waals surface area contributed by atoms with E-state index in [1.165, 1.54) is 23.5 Å². The van der Waals surface area contributed by atoms with E-state index in [2.05, 4.69) is 4.98 Å². The molecule has 0 atom stereocenters. The number of ether oxygens (including phenoxy) is 1. The number of aromatic nitrogens is 1. The molecule has 0 amide bonds. The van der Waals surface area contributed by atoms with Crippen molar-refractivity contribution in [2.45, 2.75) is 52.6 Å². The highest BCUT2D eigenvalue weighted by molar-refractivity contribution is 7.11. The molecule has 0 aliphatic rings. The molecule has 166 valence electrons. The van der Waals surface area contributed by atoms with Gasteiger partial charge in [-0.1, -0.05) is 12.1 Å². The molecule has 3 aromatic rings. The Balaban J connectivity index is 1.60. The number of rotatable bonds is 8. The largest absolute Gasteiger partial charge is 0.466 e. The number of hydrogen-bond acceptors (Lipinski definition) is 5. The summed E-state index contributed by atoms with van der Waals surface area (Å²) >= 11 is 1.53. The van der Waals surface area contributed by atoms with Crippen molar-refractivity contribution in [1.82, 2.24) is 4.98 Å². The number of alkyl halides is 3. The summed E-state index contributed by atoms with van der Waals surface area (Å²) in [6, 6.07) is 6.86. The normalized spacial score (nSPS) is 11.7. The second-order valence-electron chi connectivity index (χ2n) is 7.22. The lowest BCUT2D eigenvalue weighted by atomic mass is 10.1. The zero-order valence-electron chi connectivity index (χ0n) is 17.6. The molecule has 0 aliphatic heterocycles. The van der Waals surface area contributed by atoms with Crippen LogP contribution < -0.4 is 0 Å². The third-order valence-corrected chi connectivity index (χ3v) is 6.12. The van der Waals surface area contributed by atoms with E-state index in [0.29, 0.717) is 17.9 Å². The van der Waals surface area contributed by atoms with Gasteiger partial charge in [-0.15, -0.1) is 11.3 Å². The van der Waals surface area contributed by atoms with Gasteiger partial charge in [0.05, 0.1) is 29.3 Å². The Hall–Kier alpha value is -2.61. The van der Waals surface area contributed by atoms with Crippen molar-refractivity contribution in [3.8, 4) is 11.3 Å². The lowest BCUT2D eigenvalue weighted by Gasteiger charge is -2.06. The van der Waals surface area contributed by atoms with Crippen LogP contribution in [0.25, 0.3) is 11.3 Å². The summed E-state index contributed by atoms with van der Waals surface area (Å²) in [4.78, 5) is 17.2. The Morgan fingerprint density at radius 2 is 1.87 bits per heavy atom. The Morgan fingerprint density at radius 3 is 2.52 bits per heavy atom. The minimum atomic E-state index is -4.35. The maximum atomic E-state index is 12.7. The number of halogens is 3. The van der Waals surface area contributed by atoms with Crippen molar-refractivity contribution >= 4 is 17.3 Å². The number of thiazole rings is 1. The summed E-state index contributed by atoms with van der Waals surface area (Å²) in [5.74, 6) is 1.07. The molecule has 0 unspecified atom stereocenters. The van der Waals surface area contributed by atoms with Gasteiger partial charge in [-0.25, -0.2) is 4.98 Å². The van der Waals surface area contributed by atoms with Crippen LogP contribution in [0.4, 0.5) is 13.2 Å². The molecule has 31 heavy (non-hydrogen) atoms. The van der Waals surface area contributed by atoms with Crippen LogP contribution in [0.3, 0.4) is 0 Å². The minimum absolute atomic E-state index is 0.245. The first kappa shape index (κ1) is 23.1. The van der Waals surface area contributed by atoms with Crippen LogP contribution in [0.5, 0.6) is 0 Å². The minimum Gasteiger partial charge on any atom is -0.466 e. The Labute approximate surface area is 183 Å². The van der Waals surface area contributed by atoms with E-state index < -0.39 is 11.7 Å². The highest BCUT2D eigenvalue weighted by atomic mass is 32.1. The van der Waals surface area contributed by atoms with E-state index in [9.17, 15) is 18.0 Å². The van der Waals surface area contributed by atoms with Gasteiger partial charge in [-0.2, -0.15) is 13.2 Å². The van der Waals surface area contributed by atoms with Crippen LogP contribution in [0.1, 0.15) is 45.8 Å². The fourth-order valence-corrected chi connectivity index (χ4v) is 4.36. The number of nitrogens with zero attached hydrogens (tertiary/aromatic N) is 1. The molecule has 0 N–H and O–H groups in total. The lowest BCUT2D eigenvalue weighted by Crippen LogP contribution is -2.07. The number of esters is 1. The van der Waals surface area contributed by atoms with Crippen molar-refractivity contribution in [2.75, 3.05) is 6.61 Å². The van der Waals surface area contributed by atoms with Gasteiger partial charge in [0, 0.05) is 10.4 Å². The maximum absolute atomic E-state index is 12.7. The van der Waals surface area contributed by atoms with Gasteiger partial charge in [0.15, 0.2) is 0 Å². The topological polar surface area (TPSA) is 52.3 Å². The molecule has 2 aromatic heterocycles. The monoisotopic (exact) mass is 451 g/mol. The summed E-state index contributed by atoms with van der Waals surface area (Å²) in [5, 5.41) is 0.973. The molecule has 0 spiro atoms. The third-order valence-electron chi connectivity index (χ3n) is 4.90. The fraction of sp³-hybridized carbons (Fsp3) is 0.391. The summed E-state index contributed by atoms with van der Waals surface area (Å²) in [5.41, 5.74) is 1.81. The highest BCUT2D eigenvalue weighted by Gasteiger charge is 2.30. The SMILES string of the molecule is CCOC(=O)Cc1sc(CCCc2cc(-c3ccc(C(F)(F)F)cc3)oc2C)nc1C. The molecule has 0 radical (unpaired) electrons. The summed E-state index contributed by atoms with van der Waals surface area (Å²) in [6.45, 7) is 5.89. The number of carbonyl (C=O) groups excluding carboxylic acids is 1. The highest BCUT2D eigenvalue weighted by Crippen LogP contribution is 2.32.